The largest absolute Gasteiger partial charge is 0.383 e. The summed E-state index contributed by atoms with van der Waals surface area (Å²) in [7, 11) is 1.50. The number of ether oxygens (including phenoxy) is 1. The number of carbonyl (C=O) groups excluding carboxylic acids is 3. The lowest BCUT2D eigenvalue weighted by molar-refractivity contribution is -0.140. The second kappa shape index (κ2) is 7.04. The first-order valence-corrected chi connectivity index (χ1v) is 7.08. The summed E-state index contributed by atoms with van der Waals surface area (Å²) in [6.07, 6.45) is 0. The fraction of sp³-hybridized carbons (Fsp3) is 0.400. The minimum Gasteiger partial charge on any atom is -0.383 e. The topological polar surface area (TPSA) is 87.7 Å². The number of likely N-dealkylation sites (N-methyl/N-ethyl adjacent to an activating group) is 1. The molecule has 7 nitrogen and oxygen atoms in total. The van der Waals surface area contributed by atoms with Gasteiger partial charge in [0.15, 0.2) is 0 Å². The molecule has 0 unspecified atom stereocenters. The molecule has 22 heavy (non-hydrogen) atoms. The van der Waals surface area contributed by atoms with Gasteiger partial charge >= 0.3 is 11.8 Å². The fourth-order valence-corrected chi connectivity index (χ4v) is 2.39. The third-order valence-electron chi connectivity index (χ3n) is 3.44. The summed E-state index contributed by atoms with van der Waals surface area (Å²) >= 11 is 0. The van der Waals surface area contributed by atoms with Crippen LogP contribution in [0, 0.1) is 0 Å². The first kappa shape index (κ1) is 16.0. The number of rotatable bonds is 5. The Labute approximate surface area is 128 Å². The Morgan fingerprint density at radius 2 is 2.00 bits per heavy atom. The quantitative estimate of drug-likeness (QED) is 0.591. The van der Waals surface area contributed by atoms with Crippen molar-refractivity contribution in [2.45, 2.75) is 13.0 Å². The highest BCUT2D eigenvalue weighted by Gasteiger charge is 2.37. The predicted molar refractivity (Wildman–Crippen MR) is 80.2 cm³/mol. The summed E-state index contributed by atoms with van der Waals surface area (Å²) in [5.74, 6) is -1.85. The normalized spacial score (nSPS) is 16.4. The lowest BCUT2D eigenvalue weighted by Gasteiger charge is -2.15. The van der Waals surface area contributed by atoms with Gasteiger partial charge in [-0.2, -0.15) is 0 Å². The molecule has 118 valence electrons. The van der Waals surface area contributed by atoms with Crippen molar-refractivity contribution in [3.63, 3.8) is 0 Å². The van der Waals surface area contributed by atoms with E-state index in [0.29, 0.717) is 18.7 Å². The van der Waals surface area contributed by atoms with Crippen molar-refractivity contribution in [2.75, 3.05) is 31.7 Å². The van der Waals surface area contributed by atoms with Crippen LogP contribution in [0.1, 0.15) is 18.5 Å². The van der Waals surface area contributed by atoms with Gasteiger partial charge in [-0.25, -0.2) is 0 Å². The molecule has 1 aromatic carbocycles. The van der Waals surface area contributed by atoms with E-state index in [-0.39, 0.29) is 12.5 Å². The summed E-state index contributed by atoms with van der Waals surface area (Å²) < 4.78 is 4.79. The number of carbonyl (C=O) groups is 3. The molecule has 1 aliphatic heterocycles. The molecule has 3 amide bonds. The summed E-state index contributed by atoms with van der Waals surface area (Å²) in [6.45, 7) is 2.91. The lowest BCUT2D eigenvalue weighted by atomic mass is 10.1. The molecule has 1 heterocycles. The van der Waals surface area contributed by atoms with E-state index < -0.39 is 17.9 Å². The molecule has 0 spiro atoms. The molecule has 0 radical (unpaired) electrons. The first-order chi connectivity index (χ1) is 10.6. The summed E-state index contributed by atoms with van der Waals surface area (Å²) in [5, 5.41) is 4.91. The summed E-state index contributed by atoms with van der Waals surface area (Å²) in [6, 6.07) is 6.40. The Morgan fingerprint density at radius 1 is 1.27 bits per heavy atom. The molecule has 1 atom stereocenters. The van der Waals surface area contributed by atoms with Crippen molar-refractivity contribution in [1.82, 2.24) is 10.6 Å². The van der Waals surface area contributed by atoms with Crippen molar-refractivity contribution >= 4 is 23.4 Å². The maximum atomic E-state index is 12.4. The molecule has 0 fully saturated rings. The molecule has 2 N–H and O–H groups in total. The first-order valence-electron chi connectivity index (χ1n) is 7.08. The monoisotopic (exact) mass is 305 g/mol. The van der Waals surface area contributed by atoms with E-state index in [9.17, 15) is 14.4 Å². The maximum absolute atomic E-state index is 12.4. The minimum atomic E-state index is -0.831. The molecule has 1 aromatic rings. The van der Waals surface area contributed by atoms with Gasteiger partial charge in [0, 0.05) is 31.5 Å². The van der Waals surface area contributed by atoms with E-state index in [0.717, 1.165) is 5.69 Å². The zero-order chi connectivity index (χ0) is 16.1. The molecule has 2 rings (SSSR count). The third kappa shape index (κ3) is 3.09. The molecule has 0 aromatic heterocycles. The van der Waals surface area contributed by atoms with Gasteiger partial charge in [0.25, 0.3) is 5.91 Å². The van der Waals surface area contributed by atoms with Crippen LogP contribution in [0.3, 0.4) is 0 Å². The molecule has 0 bridgehead atoms. The van der Waals surface area contributed by atoms with Gasteiger partial charge < -0.3 is 20.3 Å². The third-order valence-corrected chi connectivity index (χ3v) is 3.44. The zero-order valence-corrected chi connectivity index (χ0v) is 12.6. The molecule has 1 aliphatic rings. The Kier molecular flexibility index (Phi) is 5.11. The average Bonchev–Trinajstić information content (AvgIpc) is 2.79. The Bertz CT molecular complexity index is 588. The van der Waals surface area contributed by atoms with Crippen LogP contribution < -0.4 is 15.5 Å². The van der Waals surface area contributed by atoms with E-state index in [2.05, 4.69) is 10.6 Å². The number of anilines is 1. The minimum absolute atomic E-state index is 0.234. The lowest BCUT2D eigenvalue weighted by Crippen LogP contribution is -2.45. The highest BCUT2D eigenvalue weighted by Crippen LogP contribution is 2.35. The van der Waals surface area contributed by atoms with Crippen molar-refractivity contribution in [2.24, 2.45) is 0 Å². The average molecular weight is 305 g/mol. The van der Waals surface area contributed by atoms with Gasteiger partial charge in [-0.15, -0.1) is 0 Å². The van der Waals surface area contributed by atoms with Crippen molar-refractivity contribution in [1.29, 1.82) is 0 Å². The van der Waals surface area contributed by atoms with Crippen LogP contribution in [-0.2, 0) is 19.1 Å². The standard InChI is InChI=1S/C15H19N3O4/c1-3-18-11-7-5-4-6-10(11)12(15(18)21)17-14(20)13(19)16-8-9-22-2/h4-7,12H,3,8-9H2,1-2H3,(H,16,19)(H,17,20)/t12-/m0/s1. The highest BCUT2D eigenvalue weighted by molar-refractivity contribution is 6.35. The number of hydrogen-bond acceptors (Lipinski definition) is 4. The molecule has 7 heteroatoms. The van der Waals surface area contributed by atoms with E-state index in [1.165, 1.54) is 7.11 Å². The summed E-state index contributed by atoms with van der Waals surface area (Å²) in [5.41, 5.74) is 1.47. The van der Waals surface area contributed by atoms with E-state index >= 15 is 0 Å². The Morgan fingerprint density at radius 3 is 2.68 bits per heavy atom. The predicted octanol–water partition coefficient (Wildman–Crippen LogP) is -0.0270. The van der Waals surface area contributed by atoms with E-state index in [1.54, 1.807) is 17.0 Å². The Balaban J connectivity index is 2.08. The van der Waals surface area contributed by atoms with Gasteiger partial charge in [0.05, 0.1) is 6.61 Å². The number of hydrogen-bond donors (Lipinski definition) is 2. The maximum Gasteiger partial charge on any atom is 0.310 e. The smallest absolute Gasteiger partial charge is 0.310 e. The second-order valence-electron chi connectivity index (χ2n) is 4.80. The van der Waals surface area contributed by atoms with Crippen molar-refractivity contribution in [3.05, 3.63) is 29.8 Å². The van der Waals surface area contributed by atoms with Gasteiger partial charge in [-0.3, -0.25) is 14.4 Å². The van der Waals surface area contributed by atoms with Crippen molar-refractivity contribution in [3.8, 4) is 0 Å². The number of benzene rings is 1. The highest BCUT2D eigenvalue weighted by atomic mass is 16.5. The van der Waals surface area contributed by atoms with Gasteiger partial charge in [-0.1, -0.05) is 18.2 Å². The number of nitrogens with zero attached hydrogens (tertiary/aromatic N) is 1. The van der Waals surface area contributed by atoms with Crippen LogP contribution in [0.25, 0.3) is 0 Å². The van der Waals surface area contributed by atoms with Gasteiger partial charge in [0.2, 0.25) is 0 Å². The number of methoxy groups -OCH3 is 1. The molecular formula is C15H19N3O4. The van der Waals surface area contributed by atoms with Gasteiger partial charge in [0.1, 0.15) is 6.04 Å². The molecular weight excluding hydrogens is 286 g/mol. The number of amides is 3. The zero-order valence-electron chi connectivity index (χ0n) is 12.6. The van der Waals surface area contributed by atoms with Crippen LogP contribution in [0.5, 0.6) is 0 Å². The van der Waals surface area contributed by atoms with Gasteiger partial charge in [-0.05, 0) is 13.0 Å². The van der Waals surface area contributed by atoms with Crippen LogP contribution >= 0.6 is 0 Å². The SMILES string of the molecule is CCN1C(=O)[C@@H](NC(=O)C(=O)NCCOC)c2ccccc21. The van der Waals surface area contributed by atoms with Crippen LogP contribution in [0.4, 0.5) is 5.69 Å². The molecule has 0 saturated heterocycles. The van der Waals surface area contributed by atoms with E-state index in [1.807, 2.05) is 19.1 Å². The second-order valence-corrected chi connectivity index (χ2v) is 4.80. The number of para-hydroxylation sites is 1. The molecule has 0 saturated carbocycles. The number of nitrogens with one attached hydrogen (secondary N) is 2. The fourth-order valence-electron chi connectivity index (χ4n) is 2.39. The molecule has 0 aliphatic carbocycles. The summed E-state index contributed by atoms with van der Waals surface area (Å²) in [4.78, 5) is 37.5. The van der Waals surface area contributed by atoms with Crippen LogP contribution in [0.15, 0.2) is 24.3 Å². The van der Waals surface area contributed by atoms with E-state index in [4.69, 9.17) is 4.74 Å². The van der Waals surface area contributed by atoms with Crippen LogP contribution in [-0.4, -0.2) is 44.5 Å². The van der Waals surface area contributed by atoms with Crippen molar-refractivity contribution < 1.29 is 19.1 Å². The number of fused-ring (bicyclic) bond motifs is 1. The Hall–Kier alpha value is -2.41. The van der Waals surface area contributed by atoms with Crippen LogP contribution in [0.2, 0.25) is 0 Å².